The Morgan fingerprint density at radius 3 is 2.93 bits per heavy atom. The zero-order valence-electron chi connectivity index (χ0n) is 8.81. The Balaban J connectivity index is 2.27. The van der Waals surface area contributed by atoms with Gasteiger partial charge in [0.2, 0.25) is 0 Å². The average molecular weight is 200 g/mol. The molecule has 1 aliphatic heterocycles. The van der Waals surface area contributed by atoms with Crippen LogP contribution >= 0.6 is 0 Å². The molecule has 0 saturated carbocycles. The third-order valence-electron chi connectivity index (χ3n) is 3.04. The molecule has 76 valence electrons. The van der Waals surface area contributed by atoms with Gasteiger partial charge in [0, 0.05) is 18.4 Å². The van der Waals surface area contributed by atoms with E-state index >= 15 is 0 Å². The van der Waals surface area contributed by atoms with E-state index < -0.39 is 0 Å². The van der Waals surface area contributed by atoms with Crippen molar-refractivity contribution in [2.45, 2.75) is 19.6 Å². The van der Waals surface area contributed by atoms with Crippen molar-refractivity contribution < 1.29 is 9.30 Å². The van der Waals surface area contributed by atoms with Gasteiger partial charge in [-0.05, 0) is 11.5 Å². The third-order valence-corrected chi connectivity index (χ3v) is 3.04. The Bertz CT molecular complexity index is 507. The Hall–Kier alpha value is -1.41. The second kappa shape index (κ2) is 3.31. The lowest BCUT2D eigenvalue weighted by molar-refractivity contribution is -0.771. The van der Waals surface area contributed by atoms with Gasteiger partial charge < -0.3 is 4.74 Å². The van der Waals surface area contributed by atoms with Crippen molar-refractivity contribution in [2.24, 2.45) is 0 Å². The quantitative estimate of drug-likeness (QED) is 0.594. The van der Waals surface area contributed by atoms with Gasteiger partial charge in [0.25, 0.3) is 6.23 Å². The molecule has 2 heterocycles. The highest BCUT2D eigenvalue weighted by Gasteiger charge is 2.24. The highest BCUT2D eigenvalue weighted by Crippen LogP contribution is 2.17. The van der Waals surface area contributed by atoms with Crippen LogP contribution in [-0.2, 0) is 11.2 Å². The number of pyridine rings is 1. The molecule has 1 aliphatic rings. The van der Waals surface area contributed by atoms with Crippen LogP contribution in [0.5, 0.6) is 0 Å². The van der Waals surface area contributed by atoms with Gasteiger partial charge in [-0.25, -0.2) is 0 Å². The van der Waals surface area contributed by atoms with Crippen LogP contribution in [0.4, 0.5) is 0 Å². The predicted octanol–water partition coefficient (Wildman–Crippen LogP) is 2.22. The maximum absolute atomic E-state index is 5.62. The standard InChI is InChI=1S/C13H14NO/c1-10-14-9-12-5-3-2-4-11(12)8-13(14)6-7-15-10/h2-5,8-10H,6-7H2,1H3/q+1. The molecule has 0 saturated heterocycles. The fourth-order valence-corrected chi connectivity index (χ4v) is 2.20. The zero-order valence-corrected chi connectivity index (χ0v) is 8.81. The van der Waals surface area contributed by atoms with Gasteiger partial charge in [0.1, 0.15) is 0 Å². The van der Waals surface area contributed by atoms with Gasteiger partial charge in [-0.3, -0.25) is 0 Å². The second-order valence-electron chi connectivity index (χ2n) is 4.02. The molecule has 1 aromatic heterocycles. The van der Waals surface area contributed by atoms with Crippen LogP contribution in [0.2, 0.25) is 0 Å². The van der Waals surface area contributed by atoms with E-state index in [1.807, 2.05) is 0 Å². The van der Waals surface area contributed by atoms with Crippen molar-refractivity contribution in [1.82, 2.24) is 0 Å². The van der Waals surface area contributed by atoms with Gasteiger partial charge in [-0.15, -0.1) is 0 Å². The molecule has 0 aliphatic carbocycles. The average Bonchev–Trinajstić information content (AvgIpc) is 2.27. The first-order valence-corrected chi connectivity index (χ1v) is 5.39. The first kappa shape index (κ1) is 8.86. The first-order chi connectivity index (χ1) is 7.34. The Kier molecular flexibility index (Phi) is 1.96. The number of benzene rings is 1. The van der Waals surface area contributed by atoms with Crippen molar-refractivity contribution in [3.63, 3.8) is 0 Å². The maximum Gasteiger partial charge on any atom is 0.259 e. The van der Waals surface area contributed by atoms with Gasteiger partial charge >= 0.3 is 0 Å². The normalized spacial score (nSPS) is 20.2. The van der Waals surface area contributed by atoms with E-state index in [9.17, 15) is 0 Å². The van der Waals surface area contributed by atoms with Crippen molar-refractivity contribution in [3.05, 3.63) is 42.2 Å². The molecule has 15 heavy (non-hydrogen) atoms. The lowest BCUT2D eigenvalue weighted by atomic mass is 10.1. The van der Waals surface area contributed by atoms with Crippen molar-refractivity contribution in [1.29, 1.82) is 0 Å². The zero-order chi connectivity index (χ0) is 10.3. The van der Waals surface area contributed by atoms with E-state index in [0.717, 1.165) is 13.0 Å². The molecule has 2 nitrogen and oxygen atoms in total. The van der Waals surface area contributed by atoms with E-state index in [4.69, 9.17) is 4.74 Å². The van der Waals surface area contributed by atoms with Crippen LogP contribution in [0.25, 0.3) is 10.8 Å². The topological polar surface area (TPSA) is 13.1 Å². The van der Waals surface area contributed by atoms with Crippen LogP contribution in [-0.4, -0.2) is 6.61 Å². The van der Waals surface area contributed by atoms with E-state index in [1.54, 1.807) is 0 Å². The maximum atomic E-state index is 5.62. The van der Waals surface area contributed by atoms with E-state index in [1.165, 1.54) is 16.5 Å². The van der Waals surface area contributed by atoms with Crippen LogP contribution in [0.15, 0.2) is 36.5 Å². The summed E-state index contributed by atoms with van der Waals surface area (Å²) >= 11 is 0. The molecular weight excluding hydrogens is 186 g/mol. The molecule has 1 atom stereocenters. The summed E-state index contributed by atoms with van der Waals surface area (Å²) < 4.78 is 7.84. The molecule has 2 heteroatoms. The summed E-state index contributed by atoms with van der Waals surface area (Å²) in [5, 5.41) is 2.59. The van der Waals surface area contributed by atoms with Gasteiger partial charge in [-0.1, -0.05) is 18.2 Å². The largest absolute Gasteiger partial charge is 0.321 e. The molecule has 0 N–H and O–H groups in total. The lowest BCUT2D eigenvalue weighted by Crippen LogP contribution is -2.47. The highest BCUT2D eigenvalue weighted by molar-refractivity contribution is 5.80. The minimum Gasteiger partial charge on any atom is -0.321 e. The van der Waals surface area contributed by atoms with Crippen molar-refractivity contribution in [3.8, 4) is 0 Å². The van der Waals surface area contributed by atoms with Crippen LogP contribution < -0.4 is 4.57 Å². The first-order valence-electron chi connectivity index (χ1n) is 5.39. The SMILES string of the molecule is CC1OCCc2cc3ccccc3c[n+]21. The molecule has 2 aromatic rings. The number of hydrogen-bond donors (Lipinski definition) is 0. The van der Waals surface area contributed by atoms with Crippen LogP contribution in [0.3, 0.4) is 0 Å². The van der Waals surface area contributed by atoms with E-state index in [2.05, 4.69) is 48.0 Å². The third kappa shape index (κ3) is 1.41. The molecule has 1 aromatic carbocycles. The molecular formula is C13H14NO+. The number of rotatable bonds is 0. The summed E-state index contributed by atoms with van der Waals surface area (Å²) in [6.45, 7) is 2.93. The molecule has 0 bridgehead atoms. The Morgan fingerprint density at radius 1 is 1.27 bits per heavy atom. The summed E-state index contributed by atoms with van der Waals surface area (Å²) in [6.07, 6.45) is 3.36. The minimum atomic E-state index is 0.165. The van der Waals surface area contributed by atoms with Gasteiger partial charge in [-0.2, -0.15) is 4.57 Å². The number of ether oxygens (including phenoxy) is 1. The Labute approximate surface area is 89.1 Å². The lowest BCUT2D eigenvalue weighted by Gasteiger charge is -2.17. The van der Waals surface area contributed by atoms with Crippen LogP contribution in [0, 0.1) is 0 Å². The smallest absolute Gasteiger partial charge is 0.259 e. The summed E-state index contributed by atoms with van der Waals surface area (Å²) in [5.41, 5.74) is 1.37. The van der Waals surface area contributed by atoms with Crippen molar-refractivity contribution in [2.75, 3.05) is 6.61 Å². The number of aromatic nitrogens is 1. The monoisotopic (exact) mass is 200 g/mol. The molecule has 1 unspecified atom stereocenters. The molecule has 3 rings (SSSR count). The highest BCUT2D eigenvalue weighted by atomic mass is 16.5. The summed E-state index contributed by atoms with van der Waals surface area (Å²) in [5.74, 6) is 0. The fraction of sp³-hybridized carbons (Fsp3) is 0.308. The molecule has 0 spiro atoms. The predicted molar refractivity (Wildman–Crippen MR) is 58.5 cm³/mol. The summed E-state index contributed by atoms with van der Waals surface area (Å²) in [6, 6.07) is 10.7. The Morgan fingerprint density at radius 2 is 2.07 bits per heavy atom. The number of hydrogen-bond acceptors (Lipinski definition) is 1. The van der Waals surface area contributed by atoms with Gasteiger partial charge in [0.05, 0.1) is 13.0 Å². The van der Waals surface area contributed by atoms with E-state index in [-0.39, 0.29) is 6.23 Å². The molecule has 0 radical (unpaired) electrons. The number of nitrogens with zero attached hydrogens (tertiary/aromatic N) is 1. The fourth-order valence-electron chi connectivity index (χ4n) is 2.20. The number of fused-ring (bicyclic) bond motifs is 2. The second-order valence-corrected chi connectivity index (χ2v) is 4.02. The van der Waals surface area contributed by atoms with Crippen LogP contribution in [0.1, 0.15) is 18.8 Å². The van der Waals surface area contributed by atoms with Crippen molar-refractivity contribution >= 4 is 10.8 Å². The summed E-state index contributed by atoms with van der Waals surface area (Å²) in [4.78, 5) is 0. The van der Waals surface area contributed by atoms with Gasteiger partial charge in [0.15, 0.2) is 11.9 Å². The molecule has 0 fully saturated rings. The minimum absolute atomic E-state index is 0.165. The summed E-state index contributed by atoms with van der Waals surface area (Å²) in [7, 11) is 0. The van der Waals surface area contributed by atoms with E-state index in [0.29, 0.717) is 0 Å². The molecule has 0 amide bonds.